The Hall–Kier alpha value is -1.52. The molecule has 1 N–H and O–H groups in total. The highest BCUT2D eigenvalue weighted by Gasteiger charge is 2.36. The van der Waals surface area contributed by atoms with E-state index in [9.17, 15) is 18.0 Å². The van der Waals surface area contributed by atoms with Gasteiger partial charge in [0.25, 0.3) is 0 Å². The number of amides is 2. The first-order valence-electron chi connectivity index (χ1n) is 7.15. The standard InChI is InChI=1S/C13H20N4O4S2/c1-16(2)5-6-17(10-3-8-23(20,21)9-10)12(19)11(18)15-13-14-4-7-22-13/h4,7,10H,3,5-6,8-9H2,1-2H3,(H,14,15,18). The Bertz CT molecular complexity index is 658. The maximum absolute atomic E-state index is 12.5. The summed E-state index contributed by atoms with van der Waals surface area (Å²) in [5.41, 5.74) is 0. The summed E-state index contributed by atoms with van der Waals surface area (Å²) in [5, 5.41) is 4.48. The lowest BCUT2D eigenvalue weighted by molar-refractivity contribution is -0.144. The first-order valence-corrected chi connectivity index (χ1v) is 9.85. The minimum Gasteiger partial charge on any atom is -0.329 e. The van der Waals surface area contributed by atoms with Crippen LogP contribution in [0.15, 0.2) is 11.6 Å². The molecule has 23 heavy (non-hydrogen) atoms. The van der Waals surface area contributed by atoms with E-state index in [1.807, 2.05) is 19.0 Å². The zero-order valence-electron chi connectivity index (χ0n) is 13.1. The average molecular weight is 360 g/mol. The van der Waals surface area contributed by atoms with Crippen LogP contribution in [0.3, 0.4) is 0 Å². The Morgan fingerprint density at radius 3 is 2.65 bits per heavy atom. The third-order valence-corrected chi connectivity index (χ3v) is 5.98. The summed E-state index contributed by atoms with van der Waals surface area (Å²) < 4.78 is 23.4. The molecule has 128 valence electrons. The topological polar surface area (TPSA) is 99.7 Å². The van der Waals surface area contributed by atoms with Gasteiger partial charge in [-0.1, -0.05) is 0 Å². The summed E-state index contributed by atoms with van der Waals surface area (Å²) >= 11 is 1.21. The van der Waals surface area contributed by atoms with E-state index >= 15 is 0 Å². The van der Waals surface area contributed by atoms with Crippen molar-refractivity contribution in [3.63, 3.8) is 0 Å². The second kappa shape index (κ2) is 7.37. The van der Waals surface area contributed by atoms with Crippen LogP contribution in [0.5, 0.6) is 0 Å². The first-order chi connectivity index (χ1) is 10.8. The molecule has 8 nitrogen and oxygen atoms in total. The number of rotatable bonds is 5. The van der Waals surface area contributed by atoms with Crippen molar-refractivity contribution in [3.05, 3.63) is 11.6 Å². The van der Waals surface area contributed by atoms with Crippen LogP contribution in [0, 0.1) is 0 Å². The van der Waals surface area contributed by atoms with Crippen LogP contribution < -0.4 is 5.32 Å². The highest BCUT2D eigenvalue weighted by atomic mass is 32.2. The van der Waals surface area contributed by atoms with E-state index in [1.165, 1.54) is 22.4 Å². The van der Waals surface area contributed by atoms with Crippen molar-refractivity contribution in [1.82, 2.24) is 14.8 Å². The van der Waals surface area contributed by atoms with E-state index in [4.69, 9.17) is 0 Å². The fourth-order valence-electron chi connectivity index (χ4n) is 2.35. The summed E-state index contributed by atoms with van der Waals surface area (Å²) in [7, 11) is 0.564. The summed E-state index contributed by atoms with van der Waals surface area (Å²) in [6, 6.07) is -0.450. The minimum absolute atomic E-state index is 0.0531. The molecule has 1 aromatic heterocycles. The van der Waals surface area contributed by atoms with E-state index < -0.39 is 27.7 Å². The number of hydrogen-bond donors (Lipinski definition) is 1. The molecule has 1 aliphatic heterocycles. The van der Waals surface area contributed by atoms with Crippen LogP contribution in [0.4, 0.5) is 5.13 Å². The number of anilines is 1. The van der Waals surface area contributed by atoms with Crippen LogP contribution in [-0.4, -0.2) is 79.7 Å². The molecule has 0 spiro atoms. The molecule has 0 bridgehead atoms. The fraction of sp³-hybridized carbons (Fsp3) is 0.615. The lowest BCUT2D eigenvalue weighted by Gasteiger charge is -2.28. The van der Waals surface area contributed by atoms with E-state index in [0.717, 1.165) is 0 Å². The van der Waals surface area contributed by atoms with Crippen molar-refractivity contribution in [3.8, 4) is 0 Å². The quantitative estimate of drug-likeness (QED) is 0.721. The molecular formula is C13H20N4O4S2. The van der Waals surface area contributed by atoms with Crippen LogP contribution >= 0.6 is 11.3 Å². The van der Waals surface area contributed by atoms with Gasteiger partial charge < -0.3 is 9.80 Å². The molecule has 0 radical (unpaired) electrons. The maximum atomic E-state index is 12.5. The monoisotopic (exact) mass is 360 g/mol. The second-order valence-corrected chi connectivity index (χ2v) is 8.77. The molecule has 0 saturated carbocycles. The molecule has 1 atom stereocenters. The van der Waals surface area contributed by atoms with Crippen molar-refractivity contribution in [1.29, 1.82) is 0 Å². The van der Waals surface area contributed by atoms with Crippen molar-refractivity contribution < 1.29 is 18.0 Å². The minimum atomic E-state index is -3.14. The molecule has 10 heteroatoms. The van der Waals surface area contributed by atoms with Gasteiger partial charge in [0.2, 0.25) is 0 Å². The van der Waals surface area contributed by atoms with Gasteiger partial charge >= 0.3 is 11.8 Å². The number of carbonyl (C=O) groups is 2. The van der Waals surface area contributed by atoms with Crippen LogP contribution in [0.2, 0.25) is 0 Å². The number of aromatic nitrogens is 1. The summed E-state index contributed by atoms with van der Waals surface area (Å²) in [6.07, 6.45) is 1.89. The lowest BCUT2D eigenvalue weighted by Crippen LogP contribution is -2.48. The molecule has 1 unspecified atom stereocenters. The molecular weight excluding hydrogens is 340 g/mol. The molecule has 2 rings (SSSR count). The Balaban J connectivity index is 2.08. The molecule has 2 heterocycles. The smallest absolute Gasteiger partial charge is 0.315 e. The molecule has 1 saturated heterocycles. The van der Waals surface area contributed by atoms with E-state index in [1.54, 1.807) is 5.38 Å². The lowest BCUT2D eigenvalue weighted by atomic mass is 10.2. The molecule has 1 fully saturated rings. The average Bonchev–Trinajstić information content (AvgIpc) is 3.08. The van der Waals surface area contributed by atoms with Gasteiger partial charge in [-0.05, 0) is 20.5 Å². The molecule has 0 aliphatic carbocycles. The maximum Gasteiger partial charge on any atom is 0.315 e. The molecule has 2 amide bonds. The van der Waals surface area contributed by atoms with Gasteiger partial charge in [-0.25, -0.2) is 13.4 Å². The largest absolute Gasteiger partial charge is 0.329 e. The highest BCUT2D eigenvalue weighted by Crippen LogP contribution is 2.19. The predicted octanol–water partition coefficient (Wildman–Crippen LogP) is -0.341. The number of nitrogens with zero attached hydrogens (tertiary/aromatic N) is 3. The van der Waals surface area contributed by atoms with Crippen molar-refractivity contribution in [2.75, 3.05) is 44.0 Å². The Kier molecular flexibility index (Phi) is 5.71. The number of likely N-dealkylation sites (N-methyl/N-ethyl adjacent to an activating group) is 1. The van der Waals surface area contributed by atoms with E-state index in [-0.39, 0.29) is 11.5 Å². The Morgan fingerprint density at radius 2 is 2.13 bits per heavy atom. The number of hydrogen-bond acceptors (Lipinski definition) is 7. The SMILES string of the molecule is CN(C)CCN(C(=O)C(=O)Nc1nccs1)C1CCS(=O)(=O)C1. The van der Waals surface area contributed by atoms with Gasteiger partial charge in [0, 0.05) is 30.7 Å². The van der Waals surface area contributed by atoms with Crippen molar-refractivity contribution in [2.45, 2.75) is 12.5 Å². The Morgan fingerprint density at radius 1 is 1.39 bits per heavy atom. The van der Waals surface area contributed by atoms with Crippen molar-refractivity contribution >= 4 is 38.1 Å². The fourth-order valence-corrected chi connectivity index (χ4v) is 4.60. The van der Waals surface area contributed by atoms with Crippen LogP contribution in [0.1, 0.15) is 6.42 Å². The van der Waals surface area contributed by atoms with Crippen LogP contribution in [-0.2, 0) is 19.4 Å². The summed E-state index contributed by atoms with van der Waals surface area (Å²) in [6.45, 7) is 0.851. The second-order valence-electron chi connectivity index (χ2n) is 5.65. The zero-order chi connectivity index (χ0) is 17.0. The Labute approximate surface area is 139 Å². The molecule has 0 aromatic carbocycles. The van der Waals surface area contributed by atoms with E-state index in [0.29, 0.717) is 24.6 Å². The van der Waals surface area contributed by atoms with Gasteiger partial charge in [-0.3, -0.25) is 14.9 Å². The molecule has 1 aliphatic rings. The number of sulfone groups is 1. The summed E-state index contributed by atoms with van der Waals surface area (Å²) in [5.74, 6) is -1.54. The zero-order valence-corrected chi connectivity index (χ0v) is 14.7. The molecule has 1 aromatic rings. The first kappa shape index (κ1) is 17.8. The van der Waals surface area contributed by atoms with Gasteiger partial charge in [0.05, 0.1) is 11.5 Å². The summed E-state index contributed by atoms with van der Waals surface area (Å²) in [4.78, 5) is 31.7. The highest BCUT2D eigenvalue weighted by molar-refractivity contribution is 7.91. The number of carbonyl (C=O) groups excluding carboxylic acids is 2. The van der Waals surface area contributed by atoms with E-state index in [2.05, 4.69) is 10.3 Å². The third-order valence-electron chi connectivity index (χ3n) is 3.55. The number of thiazole rings is 1. The van der Waals surface area contributed by atoms with Gasteiger partial charge in [-0.2, -0.15) is 0 Å². The van der Waals surface area contributed by atoms with Crippen LogP contribution in [0.25, 0.3) is 0 Å². The third kappa shape index (κ3) is 4.98. The van der Waals surface area contributed by atoms with Gasteiger partial charge in [0.1, 0.15) is 0 Å². The number of nitrogens with one attached hydrogen (secondary N) is 1. The normalized spacial score (nSPS) is 19.7. The van der Waals surface area contributed by atoms with Gasteiger partial charge in [-0.15, -0.1) is 11.3 Å². The van der Waals surface area contributed by atoms with Gasteiger partial charge in [0.15, 0.2) is 15.0 Å². The van der Waals surface area contributed by atoms with Crippen molar-refractivity contribution in [2.24, 2.45) is 0 Å². The predicted molar refractivity (Wildman–Crippen MR) is 88.1 cm³/mol.